The van der Waals surface area contributed by atoms with E-state index in [1.165, 1.54) is 0 Å². The van der Waals surface area contributed by atoms with Crippen molar-refractivity contribution in [1.29, 1.82) is 0 Å². The van der Waals surface area contributed by atoms with Gasteiger partial charge >= 0.3 is 5.97 Å². The molecule has 0 aliphatic heterocycles. The number of aryl methyl sites for hydroxylation is 1. The maximum atomic E-state index is 11.5. The monoisotopic (exact) mass is 284 g/mol. The summed E-state index contributed by atoms with van der Waals surface area (Å²) < 4.78 is 5.63. The highest BCUT2D eigenvalue weighted by Gasteiger charge is 2.15. The van der Waals surface area contributed by atoms with E-state index in [9.17, 15) is 9.90 Å². The summed E-state index contributed by atoms with van der Waals surface area (Å²) in [6.45, 7) is 4.59. The van der Waals surface area contributed by atoms with Crippen molar-refractivity contribution in [1.82, 2.24) is 0 Å². The van der Waals surface area contributed by atoms with E-state index in [1.807, 2.05) is 43.3 Å². The highest BCUT2D eigenvalue weighted by atomic mass is 16.5. The van der Waals surface area contributed by atoms with E-state index in [-0.39, 0.29) is 5.56 Å². The minimum Gasteiger partial charge on any atom is -0.493 e. The molecule has 0 fully saturated rings. The van der Waals surface area contributed by atoms with Gasteiger partial charge in [-0.25, -0.2) is 4.79 Å². The Morgan fingerprint density at radius 2 is 1.90 bits per heavy atom. The molecule has 110 valence electrons. The predicted molar refractivity (Wildman–Crippen MR) is 84.0 cm³/mol. The summed E-state index contributed by atoms with van der Waals surface area (Å²) in [5.74, 6) is -0.508. The molecule has 0 aliphatic rings. The molecule has 0 saturated heterocycles. The van der Waals surface area contributed by atoms with Crippen molar-refractivity contribution in [3.05, 3.63) is 53.6 Å². The second kappa shape index (κ2) is 6.93. The molecule has 0 heterocycles. The van der Waals surface area contributed by atoms with Crippen molar-refractivity contribution >= 4 is 5.97 Å². The first-order valence-electron chi connectivity index (χ1n) is 7.19. The zero-order valence-corrected chi connectivity index (χ0v) is 12.4. The molecule has 0 atom stereocenters. The first kappa shape index (κ1) is 15.1. The van der Waals surface area contributed by atoms with Crippen LogP contribution < -0.4 is 4.74 Å². The lowest BCUT2D eigenvalue weighted by atomic mass is 9.97. The summed E-state index contributed by atoms with van der Waals surface area (Å²) >= 11 is 0. The van der Waals surface area contributed by atoms with Crippen molar-refractivity contribution in [3.8, 4) is 16.9 Å². The number of aromatic carboxylic acids is 1. The van der Waals surface area contributed by atoms with E-state index >= 15 is 0 Å². The average Bonchev–Trinajstić information content (AvgIpc) is 2.48. The van der Waals surface area contributed by atoms with E-state index in [4.69, 9.17) is 4.74 Å². The van der Waals surface area contributed by atoms with Gasteiger partial charge in [0.15, 0.2) is 0 Å². The molecule has 0 saturated carbocycles. The minimum absolute atomic E-state index is 0.218. The molecular weight excluding hydrogens is 264 g/mol. The van der Waals surface area contributed by atoms with Crippen LogP contribution in [0.4, 0.5) is 0 Å². The summed E-state index contributed by atoms with van der Waals surface area (Å²) in [7, 11) is 0. The van der Waals surface area contributed by atoms with E-state index < -0.39 is 5.97 Å². The molecule has 3 heteroatoms. The maximum Gasteiger partial charge on any atom is 0.339 e. The first-order chi connectivity index (χ1) is 10.1. The van der Waals surface area contributed by atoms with Crippen LogP contribution in [0, 0.1) is 6.92 Å². The summed E-state index contributed by atoms with van der Waals surface area (Å²) in [5, 5.41) is 9.40. The lowest BCUT2D eigenvalue weighted by Gasteiger charge is -2.13. The van der Waals surface area contributed by atoms with Crippen molar-refractivity contribution in [3.63, 3.8) is 0 Å². The van der Waals surface area contributed by atoms with Crippen LogP contribution in [0.5, 0.6) is 5.75 Å². The van der Waals surface area contributed by atoms with Crippen LogP contribution in [-0.4, -0.2) is 17.7 Å². The third-order valence-electron chi connectivity index (χ3n) is 3.40. The van der Waals surface area contributed by atoms with Crippen LogP contribution in [-0.2, 0) is 0 Å². The maximum absolute atomic E-state index is 11.5. The molecule has 0 spiro atoms. The molecule has 0 aromatic heterocycles. The largest absolute Gasteiger partial charge is 0.493 e. The number of hydrogen-bond acceptors (Lipinski definition) is 2. The number of carboxylic acids is 1. The molecule has 0 amide bonds. The van der Waals surface area contributed by atoms with Crippen molar-refractivity contribution in [2.45, 2.75) is 26.7 Å². The van der Waals surface area contributed by atoms with Crippen LogP contribution in [0.25, 0.3) is 11.1 Å². The first-order valence-corrected chi connectivity index (χ1v) is 7.19. The molecule has 3 nitrogen and oxygen atoms in total. The van der Waals surface area contributed by atoms with Gasteiger partial charge in [0.25, 0.3) is 0 Å². The highest BCUT2D eigenvalue weighted by Crippen LogP contribution is 2.30. The number of rotatable bonds is 6. The number of carbonyl (C=O) groups is 1. The van der Waals surface area contributed by atoms with Crippen molar-refractivity contribution in [2.75, 3.05) is 6.61 Å². The van der Waals surface area contributed by atoms with Crippen LogP contribution in [0.3, 0.4) is 0 Å². The number of unbranched alkanes of at least 4 members (excludes halogenated alkanes) is 1. The van der Waals surface area contributed by atoms with Gasteiger partial charge in [-0.15, -0.1) is 0 Å². The average molecular weight is 284 g/mol. The van der Waals surface area contributed by atoms with Gasteiger partial charge in [0, 0.05) is 0 Å². The number of benzene rings is 2. The zero-order valence-electron chi connectivity index (χ0n) is 12.4. The van der Waals surface area contributed by atoms with Crippen LogP contribution in [0.15, 0.2) is 42.5 Å². The van der Waals surface area contributed by atoms with E-state index in [2.05, 4.69) is 6.92 Å². The molecule has 2 rings (SSSR count). The van der Waals surface area contributed by atoms with Gasteiger partial charge in [-0.1, -0.05) is 43.7 Å². The third kappa shape index (κ3) is 3.63. The van der Waals surface area contributed by atoms with Crippen LogP contribution in [0.2, 0.25) is 0 Å². The molecular formula is C18H20O3. The van der Waals surface area contributed by atoms with Gasteiger partial charge in [-0.2, -0.15) is 0 Å². The lowest BCUT2D eigenvalue weighted by molar-refractivity contribution is 0.0692. The summed E-state index contributed by atoms with van der Waals surface area (Å²) in [4.78, 5) is 11.5. The van der Waals surface area contributed by atoms with Gasteiger partial charge in [0.2, 0.25) is 0 Å². The molecule has 2 aromatic carbocycles. The lowest BCUT2D eigenvalue weighted by Crippen LogP contribution is -2.05. The second-order valence-electron chi connectivity index (χ2n) is 5.04. The Balaban J connectivity index is 2.41. The Labute approximate surface area is 125 Å². The molecule has 0 aliphatic carbocycles. The van der Waals surface area contributed by atoms with Gasteiger partial charge in [-0.3, -0.25) is 0 Å². The molecule has 0 bridgehead atoms. The fourth-order valence-electron chi connectivity index (χ4n) is 2.22. The molecule has 1 N–H and O–H groups in total. The van der Waals surface area contributed by atoms with Crippen molar-refractivity contribution in [2.24, 2.45) is 0 Å². The third-order valence-corrected chi connectivity index (χ3v) is 3.40. The minimum atomic E-state index is -0.960. The molecule has 2 aromatic rings. The summed E-state index contributed by atoms with van der Waals surface area (Å²) in [6.07, 6.45) is 1.93. The number of hydrogen-bond donors (Lipinski definition) is 1. The van der Waals surface area contributed by atoms with Gasteiger partial charge < -0.3 is 9.84 Å². The van der Waals surface area contributed by atoms with E-state index in [0.29, 0.717) is 12.4 Å². The molecule has 21 heavy (non-hydrogen) atoms. The predicted octanol–water partition coefficient (Wildman–Crippen LogP) is 4.54. The fraction of sp³-hybridized carbons (Fsp3) is 0.278. The topological polar surface area (TPSA) is 46.5 Å². The fourth-order valence-corrected chi connectivity index (χ4v) is 2.22. The Bertz CT molecular complexity index is 618. The smallest absolute Gasteiger partial charge is 0.339 e. The Morgan fingerprint density at radius 1 is 1.19 bits per heavy atom. The zero-order chi connectivity index (χ0) is 15.2. The Morgan fingerprint density at radius 3 is 2.52 bits per heavy atom. The quantitative estimate of drug-likeness (QED) is 0.792. The number of ether oxygens (including phenoxy) is 1. The van der Waals surface area contributed by atoms with Crippen LogP contribution >= 0.6 is 0 Å². The van der Waals surface area contributed by atoms with Crippen molar-refractivity contribution < 1.29 is 14.6 Å². The van der Waals surface area contributed by atoms with E-state index in [0.717, 1.165) is 29.5 Å². The molecule has 0 radical (unpaired) electrons. The molecule has 0 unspecified atom stereocenters. The Hall–Kier alpha value is -2.29. The normalized spacial score (nSPS) is 10.4. The Kier molecular flexibility index (Phi) is 4.99. The highest BCUT2D eigenvalue weighted by molar-refractivity contribution is 5.93. The van der Waals surface area contributed by atoms with Gasteiger partial charge in [0.1, 0.15) is 11.3 Å². The summed E-state index contributed by atoms with van der Waals surface area (Å²) in [6, 6.07) is 13.3. The van der Waals surface area contributed by atoms with Gasteiger partial charge in [-0.05, 0) is 42.2 Å². The number of carboxylic acid groups (broad SMARTS) is 1. The van der Waals surface area contributed by atoms with Gasteiger partial charge in [0.05, 0.1) is 6.61 Å². The standard InChI is InChI=1S/C18H20O3/c1-3-4-10-21-17-11-13(2)15(12-16(17)18(19)20)14-8-6-5-7-9-14/h5-9,11-12H,3-4,10H2,1-2H3,(H,19,20). The second-order valence-corrected chi connectivity index (χ2v) is 5.04. The van der Waals surface area contributed by atoms with E-state index in [1.54, 1.807) is 6.07 Å². The SMILES string of the molecule is CCCCOc1cc(C)c(-c2ccccc2)cc1C(=O)O. The summed E-state index contributed by atoms with van der Waals surface area (Å²) in [5.41, 5.74) is 3.17. The van der Waals surface area contributed by atoms with Crippen LogP contribution in [0.1, 0.15) is 35.7 Å².